The van der Waals surface area contributed by atoms with Crippen LogP contribution >= 0.6 is 11.8 Å². The topological polar surface area (TPSA) is 84.9 Å². The molecule has 0 aliphatic heterocycles. The third-order valence-electron chi connectivity index (χ3n) is 4.91. The van der Waals surface area contributed by atoms with Crippen molar-refractivity contribution in [3.63, 3.8) is 0 Å². The molecule has 0 saturated carbocycles. The Morgan fingerprint density at radius 1 is 1.03 bits per heavy atom. The van der Waals surface area contributed by atoms with Gasteiger partial charge < -0.3 is 13.8 Å². The van der Waals surface area contributed by atoms with E-state index in [1.807, 2.05) is 61.5 Å². The van der Waals surface area contributed by atoms with E-state index < -0.39 is 5.25 Å². The molecule has 0 bridgehead atoms. The molecule has 7 heteroatoms. The van der Waals surface area contributed by atoms with Gasteiger partial charge in [0.1, 0.15) is 11.0 Å². The number of aromatic nitrogens is 3. The number of ketones is 1. The highest BCUT2D eigenvalue weighted by Gasteiger charge is 2.28. The van der Waals surface area contributed by atoms with Crippen LogP contribution in [0.5, 0.6) is 0 Å². The predicted molar refractivity (Wildman–Crippen MR) is 114 cm³/mol. The minimum absolute atomic E-state index is 0.0251. The molecule has 0 spiro atoms. The summed E-state index contributed by atoms with van der Waals surface area (Å²) in [5, 5.41) is 8.97. The number of aryl methyl sites for hydroxylation is 1. The van der Waals surface area contributed by atoms with E-state index in [1.54, 1.807) is 18.5 Å². The molecule has 0 aliphatic rings. The number of hydrogen-bond acceptors (Lipinski definition) is 6. The Hall–Kier alpha value is -3.58. The number of thioether (sulfide) groups is 1. The van der Waals surface area contributed by atoms with Crippen molar-refractivity contribution < 1.29 is 13.6 Å². The van der Waals surface area contributed by atoms with E-state index in [1.165, 1.54) is 11.8 Å². The van der Waals surface area contributed by atoms with Crippen LogP contribution in [0.25, 0.3) is 22.4 Å². The SMILES string of the molecule is Cc1occc1-c1nnc(SC(C(=O)c2c[nH]c3ccccc23)c2ccccc2)o1. The fraction of sp³-hybridized carbons (Fsp3) is 0.0870. The maximum atomic E-state index is 13.6. The molecule has 0 aliphatic carbocycles. The van der Waals surface area contributed by atoms with Crippen molar-refractivity contribution in [3.05, 3.63) is 90.0 Å². The van der Waals surface area contributed by atoms with Gasteiger partial charge in [0.2, 0.25) is 0 Å². The van der Waals surface area contributed by atoms with Gasteiger partial charge in [-0.1, -0.05) is 48.5 Å². The first-order valence-corrected chi connectivity index (χ1v) is 10.3. The lowest BCUT2D eigenvalue weighted by Gasteiger charge is -2.13. The van der Waals surface area contributed by atoms with Gasteiger partial charge in [0.25, 0.3) is 11.1 Å². The lowest BCUT2D eigenvalue weighted by atomic mass is 10.0. The second-order valence-electron chi connectivity index (χ2n) is 6.78. The summed E-state index contributed by atoms with van der Waals surface area (Å²) in [6.07, 6.45) is 3.34. The summed E-state index contributed by atoms with van der Waals surface area (Å²) in [7, 11) is 0. The average Bonchev–Trinajstić information content (AvgIpc) is 3.51. The van der Waals surface area contributed by atoms with Gasteiger partial charge in [-0.3, -0.25) is 4.79 Å². The molecule has 5 aromatic rings. The monoisotopic (exact) mass is 415 g/mol. The van der Waals surface area contributed by atoms with Crippen LogP contribution in [0, 0.1) is 6.92 Å². The summed E-state index contributed by atoms with van der Waals surface area (Å²) in [5.41, 5.74) is 3.18. The molecule has 5 rings (SSSR count). The summed E-state index contributed by atoms with van der Waals surface area (Å²) in [4.78, 5) is 16.7. The molecule has 0 amide bonds. The van der Waals surface area contributed by atoms with Crippen molar-refractivity contribution in [2.75, 3.05) is 0 Å². The first-order chi connectivity index (χ1) is 14.7. The van der Waals surface area contributed by atoms with Gasteiger partial charge in [-0.05, 0) is 36.4 Å². The van der Waals surface area contributed by atoms with Crippen LogP contribution in [0.3, 0.4) is 0 Å². The Kier molecular flexibility index (Phi) is 4.72. The first kappa shape index (κ1) is 18.4. The molecule has 0 radical (unpaired) electrons. The minimum Gasteiger partial charge on any atom is -0.469 e. The van der Waals surface area contributed by atoms with Crippen LogP contribution in [-0.2, 0) is 0 Å². The number of fused-ring (bicyclic) bond motifs is 1. The molecule has 30 heavy (non-hydrogen) atoms. The van der Waals surface area contributed by atoms with E-state index in [0.29, 0.717) is 22.4 Å². The molecule has 3 aromatic heterocycles. The summed E-state index contributed by atoms with van der Waals surface area (Å²) in [5.74, 6) is 1.04. The molecule has 1 atom stereocenters. The Bertz CT molecular complexity index is 1320. The summed E-state index contributed by atoms with van der Waals surface area (Å²) in [6, 6.07) is 19.2. The van der Waals surface area contributed by atoms with Crippen molar-refractivity contribution in [1.82, 2.24) is 15.2 Å². The fourth-order valence-corrected chi connectivity index (χ4v) is 4.34. The zero-order valence-corrected chi connectivity index (χ0v) is 16.8. The van der Waals surface area contributed by atoms with E-state index in [-0.39, 0.29) is 5.78 Å². The third kappa shape index (κ3) is 3.33. The van der Waals surface area contributed by atoms with Crippen LogP contribution in [0.4, 0.5) is 0 Å². The van der Waals surface area contributed by atoms with E-state index >= 15 is 0 Å². The zero-order valence-electron chi connectivity index (χ0n) is 16.0. The molecular weight excluding hydrogens is 398 g/mol. The number of furan rings is 1. The number of rotatable bonds is 6. The molecule has 1 N–H and O–H groups in total. The van der Waals surface area contributed by atoms with E-state index in [4.69, 9.17) is 8.83 Å². The standard InChI is InChI=1S/C23H17N3O3S/c1-14-16(11-12-28-14)22-25-26-23(29-22)30-21(15-7-3-2-4-8-15)20(27)18-13-24-19-10-6-5-9-17(18)19/h2-13,21,24H,1H3. The number of carbonyl (C=O) groups excluding carboxylic acids is 1. The van der Waals surface area contributed by atoms with Gasteiger partial charge in [0.05, 0.1) is 11.8 Å². The van der Waals surface area contributed by atoms with Crippen molar-refractivity contribution in [3.8, 4) is 11.5 Å². The van der Waals surface area contributed by atoms with Crippen molar-refractivity contribution in [2.24, 2.45) is 0 Å². The largest absolute Gasteiger partial charge is 0.469 e. The lowest BCUT2D eigenvalue weighted by Crippen LogP contribution is -2.09. The van der Waals surface area contributed by atoms with Crippen LogP contribution in [0.1, 0.15) is 26.9 Å². The van der Waals surface area contributed by atoms with Crippen LogP contribution in [0.2, 0.25) is 0 Å². The Labute approximate surface area is 176 Å². The molecule has 2 aromatic carbocycles. The number of benzene rings is 2. The van der Waals surface area contributed by atoms with Crippen molar-refractivity contribution in [2.45, 2.75) is 17.4 Å². The molecule has 1 unspecified atom stereocenters. The zero-order chi connectivity index (χ0) is 20.5. The maximum Gasteiger partial charge on any atom is 0.277 e. The highest BCUT2D eigenvalue weighted by Crippen LogP contribution is 2.39. The van der Waals surface area contributed by atoms with E-state index in [2.05, 4.69) is 15.2 Å². The Morgan fingerprint density at radius 2 is 1.83 bits per heavy atom. The second kappa shape index (κ2) is 7.68. The van der Waals surface area contributed by atoms with Crippen LogP contribution in [-0.4, -0.2) is 21.0 Å². The van der Waals surface area contributed by atoms with Gasteiger partial charge in [-0.15, -0.1) is 10.2 Å². The van der Waals surface area contributed by atoms with E-state index in [0.717, 1.165) is 22.0 Å². The first-order valence-electron chi connectivity index (χ1n) is 9.40. The molecule has 0 fully saturated rings. The number of hydrogen-bond donors (Lipinski definition) is 1. The Balaban J connectivity index is 1.51. The number of aromatic amines is 1. The molecule has 148 valence electrons. The number of Topliss-reactive ketones (excluding diaryl/α,β-unsaturated/α-hetero) is 1. The molecular formula is C23H17N3O3S. The van der Waals surface area contributed by atoms with E-state index in [9.17, 15) is 4.79 Å². The van der Waals surface area contributed by atoms with Crippen LogP contribution in [0.15, 0.2) is 87.2 Å². The third-order valence-corrected chi connectivity index (χ3v) is 6.00. The highest BCUT2D eigenvalue weighted by molar-refractivity contribution is 8.00. The summed E-state index contributed by atoms with van der Waals surface area (Å²) >= 11 is 1.25. The van der Waals surface area contributed by atoms with Gasteiger partial charge in [0, 0.05) is 22.7 Å². The molecule has 6 nitrogen and oxygen atoms in total. The maximum absolute atomic E-state index is 13.6. The number of carbonyl (C=O) groups is 1. The fourth-order valence-electron chi connectivity index (χ4n) is 3.39. The van der Waals surface area contributed by atoms with Gasteiger partial charge in [0.15, 0.2) is 5.78 Å². The highest BCUT2D eigenvalue weighted by atomic mass is 32.2. The van der Waals surface area contributed by atoms with Gasteiger partial charge in [-0.25, -0.2) is 0 Å². The number of nitrogens with one attached hydrogen (secondary N) is 1. The summed E-state index contributed by atoms with van der Waals surface area (Å²) < 4.78 is 11.2. The van der Waals surface area contributed by atoms with Gasteiger partial charge in [-0.2, -0.15) is 0 Å². The minimum atomic E-state index is -0.524. The molecule has 3 heterocycles. The second-order valence-corrected chi connectivity index (χ2v) is 7.84. The normalized spacial score (nSPS) is 12.3. The number of para-hydroxylation sites is 1. The lowest BCUT2D eigenvalue weighted by molar-refractivity contribution is 0.0990. The van der Waals surface area contributed by atoms with Crippen molar-refractivity contribution in [1.29, 1.82) is 0 Å². The number of H-pyrrole nitrogens is 1. The average molecular weight is 415 g/mol. The Morgan fingerprint density at radius 3 is 2.63 bits per heavy atom. The quantitative estimate of drug-likeness (QED) is 0.277. The van der Waals surface area contributed by atoms with Crippen LogP contribution < -0.4 is 0 Å². The summed E-state index contributed by atoms with van der Waals surface area (Å²) in [6.45, 7) is 1.83. The smallest absolute Gasteiger partial charge is 0.277 e. The van der Waals surface area contributed by atoms with Gasteiger partial charge >= 0.3 is 0 Å². The number of nitrogens with zero attached hydrogens (tertiary/aromatic N) is 2. The van der Waals surface area contributed by atoms with Crippen molar-refractivity contribution >= 4 is 28.4 Å². The predicted octanol–water partition coefficient (Wildman–Crippen LogP) is 5.84. The molecule has 0 saturated heterocycles.